The van der Waals surface area contributed by atoms with Gasteiger partial charge >= 0.3 is 0 Å². The summed E-state index contributed by atoms with van der Waals surface area (Å²) >= 11 is 0. The zero-order valence-corrected chi connectivity index (χ0v) is 22.8. The minimum Gasteiger partial charge on any atom is -0.492 e. The molecule has 0 radical (unpaired) electrons. The van der Waals surface area contributed by atoms with Crippen LogP contribution in [0.1, 0.15) is 25.3 Å². The van der Waals surface area contributed by atoms with Crippen LogP contribution >= 0.6 is 0 Å². The van der Waals surface area contributed by atoms with Gasteiger partial charge in [0.05, 0.1) is 36.5 Å². The molecule has 0 spiro atoms. The normalized spacial score (nSPS) is 15.7. The van der Waals surface area contributed by atoms with Crippen LogP contribution in [-0.4, -0.2) is 78.9 Å². The van der Waals surface area contributed by atoms with E-state index in [-0.39, 0.29) is 0 Å². The van der Waals surface area contributed by atoms with Crippen molar-refractivity contribution in [1.29, 1.82) is 0 Å². The number of nitrogens with one attached hydrogen (secondary N) is 2. The number of carbonyl (C=O) groups is 1. The van der Waals surface area contributed by atoms with Crippen LogP contribution < -0.4 is 15.0 Å². The number of ether oxygens (including phenoxy) is 1. The molecule has 5 aromatic rings. The molecule has 0 unspecified atom stereocenters. The van der Waals surface area contributed by atoms with Crippen LogP contribution in [0.15, 0.2) is 67.1 Å². The van der Waals surface area contributed by atoms with Crippen molar-refractivity contribution in [1.82, 2.24) is 30.1 Å². The van der Waals surface area contributed by atoms with Crippen LogP contribution in [0.4, 0.5) is 5.82 Å². The van der Waals surface area contributed by atoms with E-state index in [1.54, 1.807) is 6.20 Å². The number of nitrogens with zero attached hydrogens (tertiary/aromatic N) is 5. The first-order valence-electron chi connectivity index (χ1n) is 13.8. The Morgan fingerprint density at radius 1 is 1.17 bits per heavy atom. The van der Waals surface area contributed by atoms with Gasteiger partial charge in [-0.2, -0.15) is 5.10 Å². The number of aliphatic hydroxyl groups excluding tert-OH is 2. The van der Waals surface area contributed by atoms with Gasteiger partial charge in [-0.1, -0.05) is 30.3 Å². The molecule has 0 aliphatic carbocycles. The van der Waals surface area contributed by atoms with E-state index in [9.17, 15) is 15.0 Å². The molecule has 1 aliphatic rings. The van der Waals surface area contributed by atoms with E-state index in [0.29, 0.717) is 44.6 Å². The lowest BCUT2D eigenvalue weighted by Crippen LogP contribution is -2.59. The molecule has 4 N–H and O–H groups in total. The maximum atomic E-state index is 12.6. The van der Waals surface area contributed by atoms with Gasteiger partial charge in [0.2, 0.25) is 0 Å². The van der Waals surface area contributed by atoms with Gasteiger partial charge in [-0.25, -0.2) is 9.50 Å². The number of hydrogen-bond donors (Lipinski definition) is 4. The third-order valence-corrected chi connectivity index (χ3v) is 7.77. The molecular formula is C30H33N7O4. The minimum atomic E-state index is -1.44. The molecule has 1 atom stereocenters. The van der Waals surface area contributed by atoms with Crippen molar-refractivity contribution in [3.63, 3.8) is 0 Å². The predicted octanol–water partition coefficient (Wildman–Crippen LogP) is 2.72. The number of benzene rings is 1. The van der Waals surface area contributed by atoms with Crippen molar-refractivity contribution in [2.45, 2.75) is 37.8 Å². The van der Waals surface area contributed by atoms with Crippen LogP contribution in [0.25, 0.3) is 27.7 Å². The van der Waals surface area contributed by atoms with Crippen molar-refractivity contribution >= 4 is 28.3 Å². The molecule has 1 aliphatic heterocycles. The fourth-order valence-corrected chi connectivity index (χ4v) is 5.66. The highest BCUT2D eigenvalue weighted by molar-refractivity contribution is 6.00. The molecular weight excluding hydrogens is 522 g/mol. The Kier molecular flexibility index (Phi) is 7.29. The molecule has 5 heterocycles. The Morgan fingerprint density at radius 3 is 2.68 bits per heavy atom. The number of H-pyrrole nitrogens is 1. The summed E-state index contributed by atoms with van der Waals surface area (Å²) in [6.45, 7) is 3.24. The van der Waals surface area contributed by atoms with Crippen LogP contribution in [0.5, 0.6) is 5.75 Å². The molecule has 1 amide bonds. The number of piperidine rings is 1. The molecule has 212 valence electrons. The van der Waals surface area contributed by atoms with Gasteiger partial charge < -0.3 is 25.2 Å². The first-order chi connectivity index (χ1) is 20.0. The second-order valence-electron chi connectivity index (χ2n) is 10.5. The summed E-state index contributed by atoms with van der Waals surface area (Å²) in [6, 6.07) is 16.1. The number of fused-ring (bicyclic) bond motifs is 3. The fraction of sp³-hybridized carbons (Fsp3) is 0.333. The number of aromatic nitrogens is 5. The van der Waals surface area contributed by atoms with Crippen LogP contribution in [0.2, 0.25) is 0 Å². The lowest BCUT2D eigenvalue weighted by atomic mass is 9.81. The predicted molar refractivity (Wildman–Crippen MR) is 155 cm³/mol. The monoisotopic (exact) mass is 555 g/mol. The number of carbonyl (C=O) groups excluding carboxylic acids is 1. The molecule has 6 rings (SSSR count). The van der Waals surface area contributed by atoms with Crippen molar-refractivity contribution < 1.29 is 19.7 Å². The number of aromatic amines is 1. The lowest BCUT2D eigenvalue weighted by molar-refractivity contribution is -0.133. The van der Waals surface area contributed by atoms with Gasteiger partial charge in [0.1, 0.15) is 11.6 Å². The highest BCUT2D eigenvalue weighted by Crippen LogP contribution is 2.34. The molecule has 41 heavy (non-hydrogen) atoms. The van der Waals surface area contributed by atoms with E-state index in [0.717, 1.165) is 39.2 Å². The first-order valence-corrected chi connectivity index (χ1v) is 13.8. The SMILES string of the molecule is CCOc1cc(-c2ccc(N3CCC(Cc4ccccc4)(NC(=O)[C@H](O)CO)CC3)nc2)c2c3cn[nH]c3nn2c1. The summed E-state index contributed by atoms with van der Waals surface area (Å²) in [5, 5.41) is 34.9. The molecule has 11 heteroatoms. The van der Waals surface area contributed by atoms with E-state index in [4.69, 9.17) is 9.72 Å². The Bertz CT molecular complexity index is 1640. The fourth-order valence-electron chi connectivity index (χ4n) is 5.66. The standard InChI is InChI=1S/C30H33N7O4/c1-2-41-22-14-23(27-24-17-32-34-28(24)35-37(27)18-22)21-8-9-26(31-16-21)36-12-10-30(11-13-36,33-29(40)25(39)19-38)15-20-6-4-3-5-7-20/h3-9,14,16-18,25,38-39H,2,10-13,15,19H2,1H3,(H,33,40)(H,34,35)/t25-/m1/s1. The zero-order valence-electron chi connectivity index (χ0n) is 22.8. The van der Waals surface area contributed by atoms with Crippen molar-refractivity contribution in [2.24, 2.45) is 0 Å². The minimum absolute atomic E-state index is 0.533. The van der Waals surface area contributed by atoms with Crippen molar-refractivity contribution in [3.8, 4) is 16.9 Å². The average Bonchev–Trinajstić information content (AvgIpc) is 3.59. The number of aliphatic hydroxyl groups is 2. The molecule has 1 aromatic carbocycles. The summed E-state index contributed by atoms with van der Waals surface area (Å²) in [7, 11) is 0. The summed E-state index contributed by atoms with van der Waals surface area (Å²) in [5.41, 5.74) is 4.09. The topological polar surface area (TPSA) is 141 Å². The van der Waals surface area contributed by atoms with Gasteiger partial charge in [-0.3, -0.25) is 9.89 Å². The van der Waals surface area contributed by atoms with Gasteiger partial charge in [0.15, 0.2) is 11.8 Å². The highest BCUT2D eigenvalue weighted by atomic mass is 16.5. The van der Waals surface area contributed by atoms with Crippen molar-refractivity contribution in [2.75, 3.05) is 31.2 Å². The number of rotatable bonds is 9. The van der Waals surface area contributed by atoms with Gasteiger partial charge in [0.25, 0.3) is 5.91 Å². The lowest BCUT2D eigenvalue weighted by Gasteiger charge is -2.43. The van der Waals surface area contributed by atoms with E-state index in [1.807, 2.05) is 66.3 Å². The largest absolute Gasteiger partial charge is 0.492 e. The maximum Gasteiger partial charge on any atom is 0.251 e. The van der Waals surface area contributed by atoms with E-state index in [1.165, 1.54) is 0 Å². The summed E-state index contributed by atoms with van der Waals surface area (Å²) in [4.78, 5) is 19.6. The van der Waals surface area contributed by atoms with Crippen LogP contribution in [0, 0.1) is 0 Å². The molecule has 11 nitrogen and oxygen atoms in total. The second kappa shape index (κ2) is 11.2. The summed E-state index contributed by atoms with van der Waals surface area (Å²) in [5.74, 6) is 1.02. The second-order valence-corrected chi connectivity index (χ2v) is 10.5. The Hall–Kier alpha value is -4.48. The number of anilines is 1. The first kappa shape index (κ1) is 26.7. The van der Waals surface area contributed by atoms with Gasteiger partial charge in [-0.05, 0) is 49.9 Å². The molecule has 1 fully saturated rings. The smallest absolute Gasteiger partial charge is 0.251 e. The molecule has 4 aromatic heterocycles. The number of hydrogen-bond acceptors (Lipinski definition) is 8. The van der Waals surface area contributed by atoms with Gasteiger partial charge in [0, 0.05) is 36.0 Å². The molecule has 0 saturated carbocycles. The van der Waals surface area contributed by atoms with Gasteiger partial charge in [-0.15, -0.1) is 5.10 Å². The van der Waals surface area contributed by atoms with Crippen LogP contribution in [0.3, 0.4) is 0 Å². The third kappa shape index (κ3) is 5.33. The number of amides is 1. The zero-order chi connectivity index (χ0) is 28.4. The summed E-state index contributed by atoms with van der Waals surface area (Å²) in [6.07, 6.45) is 6.04. The molecule has 1 saturated heterocycles. The third-order valence-electron chi connectivity index (χ3n) is 7.77. The Labute approximate surface area is 236 Å². The van der Waals surface area contributed by atoms with E-state index in [2.05, 4.69) is 31.6 Å². The van der Waals surface area contributed by atoms with E-state index < -0.39 is 24.2 Å². The quantitative estimate of drug-likeness (QED) is 0.218. The highest BCUT2D eigenvalue weighted by Gasteiger charge is 2.37. The van der Waals surface area contributed by atoms with Crippen LogP contribution in [-0.2, 0) is 11.2 Å². The summed E-state index contributed by atoms with van der Waals surface area (Å²) < 4.78 is 7.62. The molecule has 0 bridgehead atoms. The Morgan fingerprint density at radius 2 is 1.98 bits per heavy atom. The maximum absolute atomic E-state index is 12.6. The van der Waals surface area contributed by atoms with E-state index >= 15 is 0 Å². The Balaban J connectivity index is 1.24. The average molecular weight is 556 g/mol. The number of pyridine rings is 2. The van der Waals surface area contributed by atoms with Crippen molar-refractivity contribution in [3.05, 3.63) is 72.7 Å².